The zero-order chi connectivity index (χ0) is 28.4. The number of fused-ring (bicyclic) bond motifs is 1. The molecule has 0 bridgehead atoms. The van der Waals surface area contributed by atoms with Crippen LogP contribution in [0.4, 0.5) is 5.69 Å². The second-order valence-electron chi connectivity index (χ2n) is 8.26. The first-order valence-corrected chi connectivity index (χ1v) is 13.4. The van der Waals surface area contributed by atoms with Crippen LogP contribution in [0.25, 0.3) is 6.08 Å². The molecular weight excluding hydrogens is 594 g/mol. The average molecular weight is 618 g/mol. The number of ether oxygens (including phenoxy) is 3. The van der Waals surface area contributed by atoms with E-state index in [4.69, 9.17) is 14.2 Å². The molecule has 0 saturated carbocycles. The fraction of sp³-hybridized carbons (Fsp3) is 0.269. The van der Waals surface area contributed by atoms with Crippen molar-refractivity contribution in [2.75, 3.05) is 20.3 Å². The first-order valence-electron chi connectivity index (χ1n) is 11.8. The number of nitro groups is 1. The molecule has 0 aliphatic carbocycles. The third-order valence-electron chi connectivity index (χ3n) is 5.90. The molecule has 204 valence electrons. The van der Waals surface area contributed by atoms with Crippen LogP contribution < -0.4 is 24.4 Å². The number of carbonyl (C=O) groups excluding carboxylic acids is 1. The summed E-state index contributed by atoms with van der Waals surface area (Å²) in [6.45, 7) is 5.69. The number of phenols is 1. The Balaban J connectivity index is 2.01. The van der Waals surface area contributed by atoms with E-state index in [1.807, 2.05) is 6.92 Å². The van der Waals surface area contributed by atoms with E-state index in [-0.39, 0.29) is 33.7 Å². The second-order valence-corrected chi connectivity index (χ2v) is 10.1. The van der Waals surface area contributed by atoms with E-state index in [1.54, 1.807) is 26.0 Å². The van der Waals surface area contributed by atoms with Crippen LogP contribution in [0.5, 0.6) is 17.2 Å². The number of esters is 1. The van der Waals surface area contributed by atoms with E-state index in [0.717, 1.165) is 11.3 Å². The normalized spacial score (nSPS) is 15.0. The Morgan fingerprint density at radius 2 is 2.00 bits per heavy atom. The minimum Gasteiger partial charge on any atom is -0.507 e. The molecule has 1 atom stereocenters. The molecule has 2 heterocycles. The highest BCUT2D eigenvalue weighted by molar-refractivity contribution is 9.10. The maximum absolute atomic E-state index is 13.8. The van der Waals surface area contributed by atoms with Crippen molar-refractivity contribution < 1.29 is 29.0 Å². The number of carbonyl (C=O) groups is 1. The van der Waals surface area contributed by atoms with Crippen molar-refractivity contribution >= 4 is 45.0 Å². The number of allylic oxidation sites excluding steroid dienone is 1. The van der Waals surface area contributed by atoms with Gasteiger partial charge >= 0.3 is 5.97 Å². The maximum atomic E-state index is 13.8. The number of benzene rings is 2. The van der Waals surface area contributed by atoms with Gasteiger partial charge in [0.2, 0.25) is 0 Å². The smallest absolute Gasteiger partial charge is 0.338 e. The van der Waals surface area contributed by atoms with Crippen molar-refractivity contribution in [2.45, 2.75) is 26.8 Å². The highest BCUT2D eigenvalue weighted by atomic mass is 79.9. The third kappa shape index (κ3) is 5.32. The topological polar surface area (TPSA) is 142 Å². The first-order chi connectivity index (χ1) is 18.6. The molecule has 0 amide bonds. The van der Waals surface area contributed by atoms with Gasteiger partial charge in [0, 0.05) is 22.2 Å². The van der Waals surface area contributed by atoms with Crippen molar-refractivity contribution in [1.82, 2.24) is 4.57 Å². The van der Waals surface area contributed by atoms with Crippen LogP contribution in [0.15, 0.2) is 55.9 Å². The van der Waals surface area contributed by atoms with Gasteiger partial charge in [0.1, 0.15) is 5.75 Å². The van der Waals surface area contributed by atoms with Crippen LogP contribution in [0.3, 0.4) is 0 Å². The Kier molecular flexibility index (Phi) is 8.21. The molecular formula is C26H24BrN3O8S. The molecule has 1 N–H and O–H groups in total. The summed E-state index contributed by atoms with van der Waals surface area (Å²) in [4.78, 5) is 42.4. The lowest BCUT2D eigenvalue weighted by Gasteiger charge is -2.26. The van der Waals surface area contributed by atoms with Crippen LogP contribution in [0.1, 0.15) is 37.9 Å². The zero-order valence-corrected chi connectivity index (χ0v) is 23.8. The van der Waals surface area contributed by atoms with E-state index < -0.39 is 22.5 Å². The molecule has 39 heavy (non-hydrogen) atoms. The number of aromatic nitrogens is 1. The largest absolute Gasteiger partial charge is 0.507 e. The fourth-order valence-electron chi connectivity index (χ4n) is 4.19. The fourth-order valence-corrected chi connectivity index (χ4v) is 5.76. The molecule has 13 heteroatoms. The third-order valence-corrected chi connectivity index (χ3v) is 7.57. The lowest BCUT2D eigenvalue weighted by molar-refractivity contribution is -0.384. The SMILES string of the molecule is CCOC(=O)C1=C(C)N=c2s/c(=C/c3cc([N+](=O)[O-])ccc3O)c(=O)n2[C@@H]1c1cc(OC)c(OCC)cc1Br. The number of hydrogen-bond acceptors (Lipinski definition) is 10. The molecule has 1 aromatic heterocycles. The van der Waals surface area contributed by atoms with Crippen molar-refractivity contribution in [2.24, 2.45) is 4.99 Å². The predicted molar refractivity (Wildman–Crippen MR) is 147 cm³/mol. The summed E-state index contributed by atoms with van der Waals surface area (Å²) >= 11 is 4.59. The van der Waals surface area contributed by atoms with Gasteiger partial charge in [-0.25, -0.2) is 9.79 Å². The zero-order valence-electron chi connectivity index (χ0n) is 21.4. The quantitative estimate of drug-likeness (QED) is 0.229. The lowest BCUT2D eigenvalue weighted by atomic mass is 9.95. The van der Waals surface area contributed by atoms with Gasteiger partial charge in [0.25, 0.3) is 11.2 Å². The van der Waals surface area contributed by atoms with E-state index in [1.165, 1.54) is 36.0 Å². The van der Waals surface area contributed by atoms with Crippen molar-refractivity contribution in [3.05, 3.63) is 87.0 Å². The summed E-state index contributed by atoms with van der Waals surface area (Å²) in [6, 6.07) is 5.97. The van der Waals surface area contributed by atoms with Crippen LogP contribution in [0.2, 0.25) is 0 Å². The van der Waals surface area contributed by atoms with E-state index in [0.29, 0.717) is 38.6 Å². The number of halogens is 1. The molecule has 4 rings (SSSR count). The molecule has 2 aromatic carbocycles. The van der Waals surface area contributed by atoms with Crippen LogP contribution in [0, 0.1) is 10.1 Å². The van der Waals surface area contributed by atoms with Crippen LogP contribution >= 0.6 is 27.3 Å². The van der Waals surface area contributed by atoms with E-state index >= 15 is 0 Å². The van der Waals surface area contributed by atoms with Crippen molar-refractivity contribution in [3.8, 4) is 17.2 Å². The van der Waals surface area contributed by atoms with Gasteiger partial charge in [-0.15, -0.1) is 0 Å². The Morgan fingerprint density at radius 3 is 2.64 bits per heavy atom. The molecule has 3 aromatic rings. The summed E-state index contributed by atoms with van der Waals surface area (Å²) in [7, 11) is 1.49. The Bertz CT molecular complexity index is 1690. The number of thiazole rings is 1. The Labute approximate surface area is 234 Å². The second kappa shape index (κ2) is 11.4. The van der Waals surface area contributed by atoms with E-state index in [9.17, 15) is 24.8 Å². The number of methoxy groups -OCH3 is 1. The number of phenolic OH excluding ortho intramolecular Hbond substituents is 1. The molecule has 11 nitrogen and oxygen atoms in total. The summed E-state index contributed by atoms with van der Waals surface area (Å²) in [5.41, 5.74) is 0.402. The summed E-state index contributed by atoms with van der Waals surface area (Å²) in [6.07, 6.45) is 1.36. The molecule has 0 unspecified atom stereocenters. The molecule has 0 saturated heterocycles. The molecule has 0 radical (unpaired) electrons. The standard InChI is InChI=1S/C26H24BrN3O8S/c1-5-37-20-12-17(27)16(11-19(20)36-4)23-22(25(33)38-6-2)13(3)28-26-29(23)24(32)21(39-26)10-14-9-15(30(34)35)7-8-18(14)31/h7-12,23,31H,5-6H2,1-4H3/b21-10+/t23-/m1/s1. The lowest BCUT2D eigenvalue weighted by Crippen LogP contribution is -2.40. The van der Waals surface area contributed by atoms with Gasteiger partial charge < -0.3 is 19.3 Å². The van der Waals surface area contributed by atoms with Gasteiger partial charge in [0.15, 0.2) is 16.3 Å². The highest BCUT2D eigenvalue weighted by Gasteiger charge is 2.35. The Morgan fingerprint density at radius 1 is 1.26 bits per heavy atom. The van der Waals surface area contributed by atoms with Crippen molar-refractivity contribution in [1.29, 1.82) is 0 Å². The number of non-ortho nitro benzene ring substituents is 1. The number of nitro benzene ring substituents is 1. The first kappa shape index (κ1) is 28.0. The number of aromatic hydroxyl groups is 1. The molecule has 1 aliphatic heterocycles. The number of rotatable bonds is 8. The van der Waals surface area contributed by atoms with Gasteiger partial charge in [0.05, 0.1) is 47.1 Å². The van der Waals surface area contributed by atoms with Crippen LogP contribution in [-0.2, 0) is 9.53 Å². The van der Waals surface area contributed by atoms with E-state index in [2.05, 4.69) is 20.9 Å². The monoisotopic (exact) mass is 617 g/mol. The van der Waals surface area contributed by atoms with Crippen LogP contribution in [-0.4, -0.2) is 40.9 Å². The van der Waals surface area contributed by atoms with Gasteiger partial charge in [-0.3, -0.25) is 19.5 Å². The molecule has 0 fully saturated rings. The summed E-state index contributed by atoms with van der Waals surface area (Å²) in [5.74, 6) is 0.0126. The minimum absolute atomic E-state index is 0.0938. The summed E-state index contributed by atoms with van der Waals surface area (Å²) < 4.78 is 18.6. The van der Waals surface area contributed by atoms with Gasteiger partial charge in [-0.05, 0) is 50.6 Å². The van der Waals surface area contributed by atoms with Gasteiger partial charge in [-0.1, -0.05) is 27.3 Å². The number of hydrogen-bond donors (Lipinski definition) is 1. The minimum atomic E-state index is -0.944. The molecule has 1 aliphatic rings. The summed E-state index contributed by atoms with van der Waals surface area (Å²) in [5, 5.41) is 21.5. The predicted octanol–water partition coefficient (Wildman–Crippen LogP) is 3.58. The highest BCUT2D eigenvalue weighted by Crippen LogP contribution is 2.41. The maximum Gasteiger partial charge on any atom is 0.338 e. The Hall–Kier alpha value is -3.97. The average Bonchev–Trinajstić information content (AvgIpc) is 3.19. The molecule has 0 spiro atoms. The van der Waals surface area contributed by atoms with Crippen molar-refractivity contribution in [3.63, 3.8) is 0 Å². The number of nitrogens with zero attached hydrogens (tertiary/aromatic N) is 3. The van der Waals surface area contributed by atoms with Gasteiger partial charge in [-0.2, -0.15) is 0 Å².